The van der Waals surface area contributed by atoms with E-state index in [1.54, 1.807) is 25.1 Å². The molecule has 10 heteroatoms. The van der Waals surface area contributed by atoms with E-state index < -0.39 is 33.6 Å². The van der Waals surface area contributed by atoms with Crippen LogP contribution in [0.15, 0.2) is 47.4 Å². The Hall–Kier alpha value is -3.14. The van der Waals surface area contributed by atoms with Crippen LogP contribution in [-0.2, 0) is 27.4 Å². The quantitative estimate of drug-likeness (QED) is 0.628. The van der Waals surface area contributed by atoms with E-state index in [-0.39, 0.29) is 34.6 Å². The molecule has 0 fully saturated rings. The van der Waals surface area contributed by atoms with Gasteiger partial charge < -0.3 is 4.74 Å². The molecule has 1 N–H and O–H groups in total. The van der Waals surface area contributed by atoms with E-state index in [4.69, 9.17) is 4.74 Å². The van der Waals surface area contributed by atoms with Gasteiger partial charge in [-0.25, -0.2) is 13.1 Å². The first-order chi connectivity index (χ1) is 15.0. The van der Waals surface area contributed by atoms with E-state index in [0.29, 0.717) is 16.6 Å². The number of nitrogens with one attached hydrogen (secondary N) is 1. The number of rotatable bonds is 4. The standard InChI is InChI=1S/C22H19F3N2O4S/c1-12-6-7-14-17(26-12)4-3-5-19(14)32(29,30)27-21(28)15-9-8-13-16(22(23,24)25)10-11-18(31-2)20(13)15/h3-7,10-11,15H,8-9H2,1-2H3,(H,27,28)/t15-/m1/s1. The Morgan fingerprint density at radius 1 is 1.16 bits per heavy atom. The minimum Gasteiger partial charge on any atom is -0.496 e. The summed E-state index contributed by atoms with van der Waals surface area (Å²) in [6.45, 7) is 1.77. The van der Waals surface area contributed by atoms with Crippen LogP contribution in [0.3, 0.4) is 0 Å². The molecule has 0 saturated heterocycles. The van der Waals surface area contributed by atoms with Gasteiger partial charge in [-0.3, -0.25) is 9.78 Å². The lowest BCUT2D eigenvalue weighted by Gasteiger charge is -2.18. The van der Waals surface area contributed by atoms with Gasteiger partial charge in [-0.15, -0.1) is 0 Å². The van der Waals surface area contributed by atoms with Crippen LogP contribution in [0.2, 0.25) is 0 Å². The summed E-state index contributed by atoms with van der Waals surface area (Å²) in [5.41, 5.74) is 0.334. The smallest absolute Gasteiger partial charge is 0.416 e. The van der Waals surface area contributed by atoms with Gasteiger partial charge in [0, 0.05) is 16.6 Å². The van der Waals surface area contributed by atoms with E-state index >= 15 is 0 Å². The van der Waals surface area contributed by atoms with Gasteiger partial charge in [0.25, 0.3) is 10.0 Å². The van der Waals surface area contributed by atoms with Gasteiger partial charge >= 0.3 is 6.18 Å². The molecule has 168 valence electrons. The molecule has 0 aliphatic heterocycles. The molecule has 4 rings (SSSR count). The molecule has 1 atom stereocenters. The van der Waals surface area contributed by atoms with Gasteiger partial charge in [0.15, 0.2) is 0 Å². The Morgan fingerprint density at radius 3 is 2.59 bits per heavy atom. The number of ether oxygens (including phenoxy) is 1. The molecule has 1 heterocycles. The average molecular weight is 464 g/mol. The normalized spacial score (nSPS) is 16.1. The highest BCUT2D eigenvalue weighted by molar-refractivity contribution is 7.90. The molecule has 0 saturated carbocycles. The number of halogens is 3. The van der Waals surface area contributed by atoms with Crippen LogP contribution in [0.1, 0.15) is 34.7 Å². The lowest BCUT2D eigenvalue weighted by atomic mass is 9.96. The molecule has 0 bridgehead atoms. The first-order valence-corrected chi connectivity index (χ1v) is 11.2. The van der Waals surface area contributed by atoms with Crippen molar-refractivity contribution in [2.45, 2.75) is 36.8 Å². The molecule has 1 aliphatic carbocycles. The predicted molar refractivity (Wildman–Crippen MR) is 111 cm³/mol. The topological polar surface area (TPSA) is 85.4 Å². The highest BCUT2D eigenvalue weighted by Crippen LogP contribution is 2.45. The molecule has 1 amide bonds. The second-order valence-electron chi connectivity index (χ2n) is 7.54. The van der Waals surface area contributed by atoms with Crippen LogP contribution in [0.25, 0.3) is 10.9 Å². The molecule has 0 radical (unpaired) electrons. The number of carbonyl (C=O) groups is 1. The third kappa shape index (κ3) is 3.79. The average Bonchev–Trinajstić information content (AvgIpc) is 3.16. The van der Waals surface area contributed by atoms with Crippen molar-refractivity contribution in [3.05, 3.63) is 64.8 Å². The Bertz CT molecular complexity index is 1340. The number of methoxy groups -OCH3 is 1. The lowest BCUT2D eigenvalue weighted by Crippen LogP contribution is -2.34. The monoisotopic (exact) mass is 464 g/mol. The van der Waals surface area contributed by atoms with E-state index in [0.717, 1.165) is 12.1 Å². The van der Waals surface area contributed by atoms with E-state index in [1.165, 1.54) is 19.2 Å². The number of amides is 1. The van der Waals surface area contributed by atoms with E-state index in [9.17, 15) is 26.4 Å². The highest BCUT2D eigenvalue weighted by atomic mass is 32.2. The summed E-state index contributed by atoms with van der Waals surface area (Å²) in [7, 11) is -3.01. The van der Waals surface area contributed by atoms with Crippen molar-refractivity contribution >= 4 is 26.8 Å². The molecule has 6 nitrogen and oxygen atoms in total. The van der Waals surface area contributed by atoms with Gasteiger partial charge in [0.2, 0.25) is 5.91 Å². The first kappa shape index (κ1) is 22.1. The van der Waals surface area contributed by atoms with Gasteiger partial charge in [-0.2, -0.15) is 13.2 Å². The Labute approximate surface area is 182 Å². The lowest BCUT2D eigenvalue weighted by molar-refractivity contribution is -0.138. The summed E-state index contributed by atoms with van der Waals surface area (Å²) in [6, 6.07) is 9.83. The van der Waals surface area contributed by atoms with Crippen molar-refractivity contribution < 1.29 is 31.1 Å². The van der Waals surface area contributed by atoms with Crippen molar-refractivity contribution in [1.82, 2.24) is 9.71 Å². The summed E-state index contributed by atoms with van der Waals surface area (Å²) in [5, 5.41) is 0.335. The number of hydrogen-bond donors (Lipinski definition) is 1. The van der Waals surface area contributed by atoms with Crippen LogP contribution >= 0.6 is 0 Å². The molecule has 2 aromatic carbocycles. The number of benzene rings is 2. The molecule has 0 spiro atoms. The molecule has 3 aromatic rings. The summed E-state index contributed by atoms with van der Waals surface area (Å²) in [5.74, 6) is -1.88. The zero-order valence-corrected chi connectivity index (χ0v) is 18.0. The number of carbonyl (C=O) groups excluding carboxylic acids is 1. The maximum absolute atomic E-state index is 13.4. The van der Waals surface area contributed by atoms with Crippen molar-refractivity contribution in [1.29, 1.82) is 0 Å². The predicted octanol–water partition coefficient (Wildman–Crippen LogP) is 4.11. The maximum Gasteiger partial charge on any atom is 0.416 e. The summed E-state index contributed by atoms with van der Waals surface area (Å²) < 4.78 is 73.6. The van der Waals surface area contributed by atoms with Gasteiger partial charge in [-0.1, -0.05) is 6.07 Å². The Morgan fingerprint density at radius 2 is 1.91 bits per heavy atom. The molecule has 1 aromatic heterocycles. The van der Waals surface area contributed by atoms with Crippen molar-refractivity contribution in [3.63, 3.8) is 0 Å². The summed E-state index contributed by atoms with van der Waals surface area (Å²) in [4.78, 5) is 17.1. The van der Waals surface area contributed by atoms with Crippen LogP contribution in [-0.4, -0.2) is 26.4 Å². The van der Waals surface area contributed by atoms with Crippen molar-refractivity contribution in [2.24, 2.45) is 0 Å². The van der Waals surface area contributed by atoms with E-state index in [1.807, 2.05) is 4.72 Å². The molecule has 32 heavy (non-hydrogen) atoms. The molecule has 1 aliphatic rings. The second kappa shape index (κ2) is 7.77. The number of nitrogens with zero attached hydrogens (tertiary/aromatic N) is 1. The number of alkyl halides is 3. The van der Waals surface area contributed by atoms with Gasteiger partial charge in [0.1, 0.15) is 5.75 Å². The van der Waals surface area contributed by atoms with E-state index in [2.05, 4.69) is 4.98 Å². The molecular formula is C22H19F3N2O4S. The molecule has 0 unspecified atom stereocenters. The maximum atomic E-state index is 13.4. The minimum absolute atomic E-state index is 0.0169. The number of hydrogen-bond acceptors (Lipinski definition) is 5. The Balaban J connectivity index is 1.71. The number of aryl methyl sites for hydroxylation is 1. The third-order valence-corrected chi connectivity index (χ3v) is 6.95. The highest BCUT2D eigenvalue weighted by Gasteiger charge is 2.41. The fourth-order valence-corrected chi connectivity index (χ4v) is 5.39. The minimum atomic E-state index is -4.60. The van der Waals surface area contributed by atoms with Crippen molar-refractivity contribution in [2.75, 3.05) is 7.11 Å². The zero-order valence-electron chi connectivity index (χ0n) is 17.2. The second-order valence-corrected chi connectivity index (χ2v) is 9.19. The number of fused-ring (bicyclic) bond motifs is 2. The Kier molecular flexibility index (Phi) is 5.36. The first-order valence-electron chi connectivity index (χ1n) is 9.73. The fraction of sp³-hybridized carbons (Fsp3) is 0.273. The third-order valence-electron chi connectivity index (χ3n) is 5.55. The van der Waals surface area contributed by atoms with Crippen molar-refractivity contribution in [3.8, 4) is 5.75 Å². The summed E-state index contributed by atoms with van der Waals surface area (Å²) in [6.07, 6.45) is -4.57. The van der Waals surface area contributed by atoms with Crippen LogP contribution in [0.4, 0.5) is 13.2 Å². The zero-order chi connectivity index (χ0) is 23.3. The SMILES string of the molecule is COc1ccc(C(F)(F)F)c2c1[C@H](C(=O)NS(=O)(=O)c1cccc3nc(C)ccc13)CC2. The van der Waals surface area contributed by atoms with Gasteiger partial charge in [0.05, 0.1) is 29.0 Å². The van der Waals surface area contributed by atoms with Crippen LogP contribution < -0.4 is 9.46 Å². The largest absolute Gasteiger partial charge is 0.496 e. The molecular weight excluding hydrogens is 445 g/mol. The fourth-order valence-electron chi connectivity index (χ4n) is 4.15. The van der Waals surface area contributed by atoms with Crippen LogP contribution in [0.5, 0.6) is 5.75 Å². The number of pyridine rings is 1. The number of sulfonamides is 1. The number of aromatic nitrogens is 1. The van der Waals surface area contributed by atoms with Gasteiger partial charge in [-0.05, 0) is 61.7 Å². The summed E-state index contributed by atoms with van der Waals surface area (Å²) >= 11 is 0. The van der Waals surface area contributed by atoms with Crippen LogP contribution in [0, 0.1) is 6.92 Å².